The smallest absolute Gasteiger partial charge is 0.262 e. The third-order valence-corrected chi connectivity index (χ3v) is 2.73. The molecule has 0 spiro atoms. The Labute approximate surface area is 116 Å². The maximum absolute atomic E-state index is 13.5. The molecule has 0 atom stereocenters. The Morgan fingerprint density at radius 2 is 1.70 bits per heavy atom. The maximum atomic E-state index is 13.5. The molecule has 0 unspecified atom stereocenters. The van der Waals surface area contributed by atoms with Crippen LogP contribution in [-0.2, 0) is 0 Å². The maximum Gasteiger partial charge on any atom is 0.262 e. The first-order valence-corrected chi connectivity index (χ1v) is 6.50. The number of nitrogens with one attached hydrogen (secondary N) is 1. The van der Waals surface area contributed by atoms with Crippen molar-refractivity contribution in [1.82, 2.24) is 9.97 Å². The molecule has 1 N–H and O–H groups in total. The molecular weight excluding hydrogens is 255 g/mol. The molecular formula is C16H15FN2O. The second-order valence-corrected chi connectivity index (χ2v) is 3.91. The lowest BCUT2D eigenvalue weighted by Crippen LogP contribution is -2.11. The first-order valence-electron chi connectivity index (χ1n) is 6.50. The SMILES string of the molecule is CC.O=c1[nH]c(-c2ccccc2)nc2cccc(F)c12. The van der Waals surface area contributed by atoms with Gasteiger partial charge in [0.1, 0.15) is 17.0 Å². The van der Waals surface area contributed by atoms with Gasteiger partial charge < -0.3 is 4.98 Å². The lowest BCUT2D eigenvalue weighted by molar-refractivity contribution is 0.638. The average molecular weight is 270 g/mol. The summed E-state index contributed by atoms with van der Waals surface area (Å²) in [5.74, 6) is -0.112. The van der Waals surface area contributed by atoms with Gasteiger partial charge in [-0.05, 0) is 12.1 Å². The number of benzene rings is 2. The summed E-state index contributed by atoms with van der Waals surface area (Å²) < 4.78 is 13.5. The Kier molecular flexibility index (Phi) is 4.25. The van der Waals surface area contributed by atoms with Crippen LogP contribution in [-0.4, -0.2) is 9.97 Å². The molecule has 1 heterocycles. The quantitative estimate of drug-likeness (QED) is 0.732. The summed E-state index contributed by atoms with van der Waals surface area (Å²) in [5.41, 5.74) is 0.690. The fraction of sp³-hybridized carbons (Fsp3) is 0.125. The van der Waals surface area contributed by atoms with E-state index in [1.165, 1.54) is 6.07 Å². The van der Waals surface area contributed by atoms with Gasteiger partial charge in [-0.3, -0.25) is 4.79 Å². The van der Waals surface area contributed by atoms with Crippen molar-refractivity contribution in [1.29, 1.82) is 0 Å². The van der Waals surface area contributed by atoms with Crippen LogP contribution in [0.25, 0.3) is 22.3 Å². The molecule has 0 amide bonds. The van der Waals surface area contributed by atoms with Gasteiger partial charge in [-0.15, -0.1) is 0 Å². The largest absolute Gasteiger partial charge is 0.306 e. The number of aromatic amines is 1. The van der Waals surface area contributed by atoms with E-state index < -0.39 is 11.4 Å². The van der Waals surface area contributed by atoms with Crippen LogP contribution in [0.5, 0.6) is 0 Å². The van der Waals surface area contributed by atoms with E-state index in [2.05, 4.69) is 9.97 Å². The highest BCUT2D eigenvalue weighted by Gasteiger charge is 2.08. The molecule has 0 saturated heterocycles. The van der Waals surface area contributed by atoms with Gasteiger partial charge >= 0.3 is 0 Å². The third-order valence-electron chi connectivity index (χ3n) is 2.73. The molecule has 0 saturated carbocycles. The number of H-pyrrole nitrogens is 1. The van der Waals surface area contributed by atoms with Crippen molar-refractivity contribution in [3.63, 3.8) is 0 Å². The molecule has 20 heavy (non-hydrogen) atoms. The molecule has 0 bridgehead atoms. The van der Waals surface area contributed by atoms with Crippen molar-refractivity contribution in [3.05, 3.63) is 64.7 Å². The first-order chi connectivity index (χ1) is 9.75. The van der Waals surface area contributed by atoms with Gasteiger partial charge in [-0.25, -0.2) is 9.37 Å². The zero-order valence-corrected chi connectivity index (χ0v) is 11.4. The molecule has 3 rings (SSSR count). The molecule has 0 aliphatic carbocycles. The third kappa shape index (κ3) is 2.59. The lowest BCUT2D eigenvalue weighted by atomic mass is 10.2. The normalized spacial score (nSPS) is 9.95. The van der Waals surface area contributed by atoms with Crippen molar-refractivity contribution >= 4 is 10.9 Å². The zero-order valence-electron chi connectivity index (χ0n) is 11.4. The summed E-state index contributed by atoms with van der Waals surface area (Å²) in [6, 6.07) is 13.7. The highest BCUT2D eigenvalue weighted by atomic mass is 19.1. The van der Waals surface area contributed by atoms with Crippen LogP contribution in [0.4, 0.5) is 4.39 Å². The number of fused-ring (bicyclic) bond motifs is 1. The summed E-state index contributed by atoms with van der Waals surface area (Å²) >= 11 is 0. The summed E-state index contributed by atoms with van der Waals surface area (Å²) in [4.78, 5) is 18.7. The minimum absolute atomic E-state index is 0.00261. The molecule has 4 heteroatoms. The van der Waals surface area contributed by atoms with Gasteiger partial charge in [0.25, 0.3) is 5.56 Å². The molecule has 2 aromatic carbocycles. The predicted molar refractivity (Wildman–Crippen MR) is 79.1 cm³/mol. The highest BCUT2D eigenvalue weighted by Crippen LogP contribution is 2.17. The Morgan fingerprint density at radius 1 is 1.00 bits per heavy atom. The second-order valence-electron chi connectivity index (χ2n) is 3.91. The molecule has 102 valence electrons. The van der Waals surface area contributed by atoms with Crippen molar-refractivity contribution in [3.8, 4) is 11.4 Å². The number of hydrogen-bond donors (Lipinski definition) is 1. The van der Waals surface area contributed by atoms with Crippen LogP contribution in [0.15, 0.2) is 53.3 Å². The van der Waals surface area contributed by atoms with Crippen LogP contribution >= 0.6 is 0 Å². The molecule has 0 radical (unpaired) electrons. The van der Waals surface area contributed by atoms with Crippen LogP contribution < -0.4 is 5.56 Å². The predicted octanol–water partition coefficient (Wildman–Crippen LogP) is 3.76. The van der Waals surface area contributed by atoms with E-state index in [0.29, 0.717) is 11.3 Å². The second kappa shape index (κ2) is 6.10. The van der Waals surface area contributed by atoms with Gasteiger partial charge in [0, 0.05) is 5.56 Å². The van der Waals surface area contributed by atoms with Crippen molar-refractivity contribution in [2.45, 2.75) is 13.8 Å². The molecule has 1 aromatic heterocycles. The standard InChI is InChI=1S/C14H9FN2O.C2H6/c15-10-7-4-8-11-12(10)14(18)17-13(16-11)9-5-2-1-3-6-9;1-2/h1-8H,(H,16,17,18);1-2H3. The van der Waals surface area contributed by atoms with E-state index in [-0.39, 0.29) is 5.39 Å². The summed E-state index contributed by atoms with van der Waals surface area (Å²) in [7, 11) is 0. The number of nitrogens with zero attached hydrogens (tertiary/aromatic N) is 1. The molecule has 3 nitrogen and oxygen atoms in total. The van der Waals surface area contributed by atoms with Gasteiger partial charge in [-0.1, -0.05) is 50.2 Å². The van der Waals surface area contributed by atoms with Crippen molar-refractivity contribution < 1.29 is 4.39 Å². The van der Waals surface area contributed by atoms with E-state index in [4.69, 9.17) is 0 Å². The summed E-state index contributed by atoms with van der Waals surface area (Å²) in [5, 5.41) is -0.00261. The van der Waals surface area contributed by atoms with E-state index in [9.17, 15) is 9.18 Å². The Morgan fingerprint density at radius 3 is 2.40 bits per heavy atom. The zero-order chi connectivity index (χ0) is 14.5. The molecule has 0 fully saturated rings. The summed E-state index contributed by atoms with van der Waals surface area (Å²) in [6.07, 6.45) is 0. The molecule has 0 aliphatic rings. The number of aromatic nitrogens is 2. The van der Waals surface area contributed by atoms with Crippen molar-refractivity contribution in [2.75, 3.05) is 0 Å². The van der Waals surface area contributed by atoms with Crippen LogP contribution in [0.2, 0.25) is 0 Å². The minimum atomic E-state index is -0.555. The molecule has 3 aromatic rings. The monoisotopic (exact) mass is 270 g/mol. The fourth-order valence-electron chi connectivity index (χ4n) is 1.88. The van der Waals surface area contributed by atoms with Crippen LogP contribution in [0.3, 0.4) is 0 Å². The lowest BCUT2D eigenvalue weighted by Gasteiger charge is -2.03. The van der Waals surface area contributed by atoms with E-state index in [0.717, 1.165) is 5.56 Å². The van der Waals surface area contributed by atoms with Gasteiger partial charge in [0.2, 0.25) is 0 Å². The van der Waals surface area contributed by atoms with Gasteiger partial charge in [0.05, 0.1) is 5.52 Å². The Bertz CT molecular complexity index is 766. The first kappa shape index (κ1) is 13.9. The number of rotatable bonds is 1. The highest BCUT2D eigenvalue weighted by molar-refractivity contribution is 5.79. The average Bonchev–Trinajstić information content (AvgIpc) is 2.50. The van der Waals surface area contributed by atoms with Crippen LogP contribution in [0.1, 0.15) is 13.8 Å². The number of halogens is 1. The number of hydrogen-bond acceptors (Lipinski definition) is 2. The van der Waals surface area contributed by atoms with E-state index in [1.807, 2.05) is 44.2 Å². The minimum Gasteiger partial charge on any atom is -0.306 e. The molecule has 0 aliphatic heterocycles. The van der Waals surface area contributed by atoms with Gasteiger partial charge in [0.15, 0.2) is 0 Å². The van der Waals surface area contributed by atoms with Gasteiger partial charge in [-0.2, -0.15) is 0 Å². The summed E-state index contributed by atoms with van der Waals surface area (Å²) in [6.45, 7) is 4.00. The Hall–Kier alpha value is -2.49. The topological polar surface area (TPSA) is 45.8 Å². The van der Waals surface area contributed by atoms with Crippen molar-refractivity contribution in [2.24, 2.45) is 0 Å². The van der Waals surface area contributed by atoms with E-state index in [1.54, 1.807) is 12.1 Å². The van der Waals surface area contributed by atoms with E-state index >= 15 is 0 Å². The fourth-order valence-corrected chi connectivity index (χ4v) is 1.88. The Balaban J connectivity index is 0.000000704. The van der Waals surface area contributed by atoms with Crippen LogP contribution in [0, 0.1) is 5.82 Å².